The Morgan fingerprint density at radius 1 is 1.00 bits per heavy atom. The van der Waals surface area contributed by atoms with Gasteiger partial charge in [-0.3, -0.25) is 4.98 Å². The Morgan fingerprint density at radius 3 is 2.34 bits per heavy atom. The lowest BCUT2D eigenvalue weighted by atomic mass is 10.0. The molecule has 0 atom stereocenters. The van der Waals surface area contributed by atoms with Gasteiger partial charge in [-0.25, -0.2) is 4.99 Å². The molecule has 3 rings (SSSR count). The second-order valence-electron chi connectivity index (χ2n) is 6.19. The Bertz CT molecular complexity index is 981. The maximum absolute atomic E-state index is 12.2. The summed E-state index contributed by atoms with van der Waals surface area (Å²) in [6.07, 6.45) is 3.11. The summed E-state index contributed by atoms with van der Waals surface area (Å²) in [5.41, 5.74) is 9.55. The number of nitrogens with zero attached hydrogens (tertiary/aromatic N) is 2. The molecule has 0 amide bonds. The average molecular weight is 397 g/mol. The fourth-order valence-corrected chi connectivity index (χ4v) is 2.58. The summed E-state index contributed by atoms with van der Waals surface area (Å²) in [7, 11) is 0. The molecule has 0 aliphatic heterocycles. The summed E-state index contributed by atoms with van der Waals surface area (Å²) in [5, 5.41) is 0. The van der Waals surface area contributed by atoms with Crippen molar-refractivity contribution in [3.8, 4) is 5.75 Å². The predicted molar refractivity (Wildman–Crippen MR) is 107 cm³/mol. The van der Waals surface area contributed by atoms with Gasteiger partial charge in [0.05, 0.1) is 5.69 Å². The van der Waals surface area contributed by atoms with Gasteiger partial charge in [-0.05, 0) is 59.5 Å². The lowest BCUT2D eigenvalue weighted by Crippen LogP contribution is -2.16. The first kappa shape index (κ1) is 20.1. The second-order valence-corrected chi connectivity index (χ2v) is 6.19. The van der Waals surface area contributed by atoms with E-state index in [-0.39, 0.29) is 11.6 Å². The van der Waals surface area contributed by atoms with E-state index in [1.54, 1.807) is 12.3 Å². The van der Waals surface area contributed by atoms with Crippen LogP contribution in [0.5, 0.6) is 5.75 Å². The van der Waals surface area contributed by atoms with Crippen molar-refractivity contribution < 1.29 is 17.9 Å². The van der Waals surface area contributed by atoms with Crippen LogP contribution in [0, 0.1) is 0 Å². The smallest absolute Gasteiger partial charge is 0.406 e. The van der Waals surface area contributed by atoms with Crippen molar-refractivity contribution in [2.24, 2.45) is 10.7 Å². The number of hydrogen-bond acceptors (Lipinski definition) is 3. The first-order chi connectivity index (χ1) is 13.9. The second kappa shape index (κ2) is 9.05. The standard InChI is InChI=1S/C22H18F3N3O/c23-22(24,25)29-20-10-8-19(9-11-20)28-21(26)12-7-16-3-5-17(6-4-16)14-18-2-1-13-27-15-18/h1-13,15H,14H2,(H2,26,28). The van der Waals surface area contributed by atoms with E-state index in [4.69, 9.17) is 5.73 Å². The molecule has 0 saturated carbocycles. The first-order valence-electron chi connectivity index (χ1n) is 8.73. The minimum Gasteiger partial charge on any atom is -0.406 e. The van der Waals surface area contributed by atoms with E-state index in [0.29, 0.717) is 5.69 Å². The van der Waals surface area contributed by atoms with E-state index < -0.39 is 6.36 Å². The molecule has 4 nitrogen and oxygen atoms in total. The Kier molecular flexibility index (Phi) is 6.29. The van der Waals surface area contributed by atoms with E-state index in [1.807, 2.05) is 48.7 Å². The SMILES string of the molecule is NC(C=Cc1ccc(Cc2cccnc2)cc1)=Nc1ccc(OC(F)(F)F)cc1. The fraction of sp³-hybridized carbons (Fsp3) is 0.0909. The summed E-state index contributed by atoms with van der Waals surface area (Å²) < 4.78 is 40.3. The van der Waals surface area contributed by atoms with Crippen LogP contribution in [-0.2, 0) is 6.42 Å². The largest absolute Gasteiger partial charge is 0.573 e. The molecule has 3 aromatic rings. The zero-order chi connectivity index (χ0) is 20.7. The predicted octanol–water partition coefficient (Wildman–Crippen LogP) is 5.27. The van der Waals surface area contributed by atoms with Crippen molar-refractivity contribution in [1.82, 2.24) is 4.98 Å². The van der Waals surface area contributed by atoms with Crippen LogP contribution in [0.3, 0.4) is 0 Å². The van der Waals surface area contributed by atoms with Gasteiger partial charge in [0.2, 0.25) is 0 Å². The van der Waals surface area contributed by atoms with Crippen LogP contribution in [0.2, 0.25) is 0 Å². The molecule has 148 valence electrons. The maximum Gasteiger partial charge on any atom is 0.573 e. The average Bonchev–Trinajstić information content (AvgIpc) is 2.69. The molecule has 29 heavy (non-hydrogen) atoms. The summed E-state index contributed by atoms with van der Waals surface area (Å²) in [6, 6.07) is 17.1. The molecule has 2 aromatic carbocycles. The van der Waals surface area contributed by atoms with Gasteiger partial charge in [0.1, 0.15) is 11.6 Å². The van der Waals surface area contributed by atoms with Crippen molar-refractivity contribution >= 4 is 17.6 Å². The number of hydrogen-bond donors (Lipinski definition) is 1. The molecule has 0 fully saturated rings. The number of amidine groups is 1. The number of rotatable bonds is 6. The lowest BCUT2D eigenvalue weighted by molar-refractivity contribution is -0.274. The molecule has 0 unspecified atom stereocenters. The third kappa shape index (κ3) is 6.80. The van der Waals surface area contributed by atoms with E-state index in [1.165, 1.54) is 24.3 Å². The molecular weight excluding hydrogens is 379 g/mol. The van der Waals surface area contributed by atoms with Crippen molar-refractivity contribution in [2.45, 2.75) is 12.8 Å². The van der Waals surface area contributed by atoms with Crippen LogP contribution in [0.1, 0.15) is 16.7 Å². The normalized spacial score (nSPS) is 12.3. The summed E-state index contributed by atoms with van der Waals surface area (Å²) in [4.78, 5) is 8.26. The third-order valence-corrected chi connectivity index (χ3v) is 3.89. The number of aromatic nitrogens is 1. The Hall–Kier alpha value is -3.61. The number of pyridine rings is 1. The molecule has 1 aromatic heterocycles. The van der Waals surface area contributed by atoms with Crippen LogP contribution in [-0.4, -0.2) is 17.2 Å². The van der Waals surface area contributed by atoms with Crippen molar-refractivity contribution in [3.05, 3.63) is 95.8 Å². The lowest BCUT2D eigenvalue weighted by Gasteiger charge is -2.08. The number of nitrogens with two attached hydrogens (primary N) is 1. The van der Waals surface area contributed by atoms with Gasteiger partial charge in [-0.1, -0.05) is 36.4 Å². The Balaban J connectivity index is 1.60. The zero-order valence-electron chi connectivity index (χ0n) is 15.3. The van der Waals surface area contributed by atoms with Gasteiger partial charge in [-0.2, -0.15) is 0 Å². The third-order valence-electron chi connectivity index (χ3n) is 3.89. The number of ether oxygens (including phenoxy) is 1. The van der Waals surface area contributed by atoms with E-state index in [0.717, 1.165) is 23.1 Å². The highest BCUT2D eigenvalue weighted by Gasteiger charge is 2.30. The number of aliphatic imine (C=N–C) groups is 1. The first-order valence-corrected chi connectivity index (χ1v) is 8.73. The van der Waals surface area contributed by atoms with Crippen molar-refractivity contribution in [3.63, 3.8) is 0 Å². The Labute approximate surface area is 166 Å². The van der Waals surface area contributed by atoms with E-state index >= 15 is 0 Å². The molecule has 0 spiro atoms. The molecule has 1 heterocycles. The minimum atomic E-state index is -4.72. The van der Waals surface area contributed by atoms with Gasteiger partial charge in [-0.15, -0.1) is 13.2 Å². The van der Waals surface area contributed by atoms with E-state index in [2.05, 4.69) is 14.7 Å². The van der Waals surface area contributed by atoms with Crippen LogP contribution in [0.4, 0.5) is 18.9 Å². The molecule has 2 N–H and O–H groups in total. The minimum absolute atomic E-state index is 0.230. The van der Waals surface area contributed by atoms with Crippen LogP contribution >= 0.6 is 0 Å². The van der Waals surface area contributed by atoms with Gasteiger partial charge >= 0.3 is 6.36 Å². The monoisotopic (exact) mass is 397 g/mol. The summed E-state index contributed by atoms with van der Waals surface area (Å²) in [5.74, 6) is -0.0779. The quantitative estimate of drug-likeness (QED) is 0.455. The van der Waals surface area contributed by atoms with Crippen molar-refractivity contribution in [2.75, 3.05) is 0 Å². The van der Waals surface area contributed by atoms with Gasteiger partial charge in [0.15, 0.2) is 0 Å². The van der Waals surface area contributed by atoms with Crippen LogP contribution < -0.4 is 10.5 Å². The summed E-state index contributed by atoms with van der Waals surface area (Å²) in [6.45, 7) is 0. The van der Waals surface area contributed by atoms with Gasteiger partial charge in [0.25, 0.3) is 0 Å². The van der Waals surface area contributed by atoms with Gasteiger partial charge in [0, 0.05) is 12.4 Å². The van der Waals surface area contributed by atoms with Gasteiger partial charge < -0.3 is 10.5 Å². The molecule has 0 bridgehead atoms. The Morgan fingerprint density at radius 2 is 1.72 bits per heavy atom. The molecular formula is C22H18F3N3O. The topological polar surface area (TPSA) is 60.5 Å². The zero-order valence-corrected chi connectivity index (χ0v) is 15.3. The number of alkyl halides is 3. The highest BCUT2D eigenvalue weighted by Crippen LogP contribution is 2.24. The fourth-order valence-electron chi connectivity index (χ4n) is 2.58. The van der Waals surface area contributed by atoms with Crippen LogP contribution in [0.25, 0.3) is 6.08 Å². The molecule has 7 heteroatoms. The van der Waals surface area contributed by atoms with Crippen LogP contribution in [0.15, 0.2) is 84.1 Å². The number of halogens is 3. The summed E-state index contributed by atoms with van der Waals surface area (Å²) >= 11 is 0. The highest BCUT2D eigenvalue weighted by molar-refractivity contribution is 5.96. The van der Waals surface area contributed by atoms with E-state index in [9.17, 15) is 13.2 Å². The molecule has 0 aliphatic rings. The molecule has 0 aliphatic carbocycles. The highest BCUT2D eigenvalue weighted by atomic mass is 19.4. The van der Waals surface area contributed by atoms with Crippen molar-refractivity contribution in [1.29, 1.82) is 0 Å². The molecule has 0 saturated heterocycles. The molecule has 0 radical (unpaired) electrons. The number of benzene rings is 2. The maximum atomic E-state index is 12.2.